The number of sulfonamides is 1. The number of aromatic nitrogens is 4. The molecule has 49 heavy (non-hydrogen) atoms. The van der Waals surface area contributed by atoms with E-state index >= 15 is 0 Å². The van der Waals surface area contributed by atoms with Crippen LogP contribution >= 0.6 is 0 Å². The second kappa shape index (κ2) is 13.3. The van der Waals surface area contributed by atoms with Crippen molar-refractivity contribution in [3.8, 4) is 5.75 Å². The van der Waals surface area contributed by atoms with Crippen molar-refractivity contribution in [1.29, 1.82) is 0 Å². The second-order valence-corrected chi connectivity index (χ2v) is 14.4. The fourth-order valence-electron chi connectivity index (χ4n) is 6.57. The average Bonchev–Trinajstić information content (AvgIpc) is 3.38. The Morgan fingerprint density at radius 1 is 1.04 bits per heavy atom. The molecule has 3 aliphatic rings. The lowest BCUT2D eigenvalue weighted by Gasteiger charge is -2.39. The lowest BCUT2D eigenvalue weighted by molar-refractivity contribution is -0.120. The first-order chi connectivity index (χ1) is 23.5. The van der Waals surface area contributed by atoms with Crippen LogP contribution in [0.2, 0.25) is 0 Å². The number of rotatable bonds is 10. The van der Waals surface area contributed by atoms with Gasteiger partial charge in [-0.2, -0.15) is 18.2 Å². The van der Waals surface area contributed by atoms with E-state index in [1.807, 2.05) is 19.2 Å². The van der Waals surface area contributed by atoms with Crippen LogP contribution in [0.5, 0.6) is 5.75 Å². The molecular formula is C32H35F2N9O5S. The third kappa shape index (κ3) is 6.91. The van der Waals surface area contributed by atoms with E-state index in [9.17, 15) is 26.8 Å². The molecule has 3 amide bonds. The highest BCUT2D eigenvalue weighted by Crippen LogP contribution is 2.34. The zero-order valence-corrected chi connectivity index (χ0v) is 27.4. The summed E-state index contributed by atoms with van der Waals surface area (Å²) in [7, 11) is -1.86. The van der Waals surface area contributed by atoms with E-state index in [0.717, 1.165) is 47.5 Å². The number of alkyl halides is 2. The summed E-state index contributed by atoms with van der Waals surface area (Å²) in [6, 6.07) is 12.7. The van der Waals surface area contributed by atoms with E-state index in [0.29, 0.717) is 44.2 Å². The third-order valence-electron chi connectivity index (χ3n) is 9.18. The molecule has 17 heteroatoms. The quantitative estimate of drug-likeness (QED) is 0.253. The first-order valence-electron chi connectivity index (χ1n) is 16.0. The Labute approximate surface area is 281 Å². The molecule has 0 unspecified atom stereocenters. The Kier molecular flexibility index (Phi) is 8.89. The van der Waals surface area contributed by atoms with E-state index in [1.54, 1.807) is 22.9 Å². The van der Waals surface area contributed by atoms with Crippen molar-refractivity contribution in [1.82, 2.24) is 34.3 Å². The molecule has 3 fully saturated rings. The van der Waals surface area contributed by atoms with Crippen molar-refractivity contribution in [2.24, 2.45) is 7.05 Å². The summed E-state index contributed by atoms with van der Waals surface area (Å²) in [6.45, 7) is 0.213. The van der Waals surface area contributed by atoms with Gasteiger partial charge in [-0.15, -0.1) is 0 Å². The largest absolute Gasteiger partial charge is 0.432 e. The van der Waals surface area contributed by atoms with Gasteiger partial charge in [0.25, 0.3) is 0 Å². The highest BCUT2D eigenvalue weighted by atomic mass is 32.2. The number of nitrogens with one attached hydrogen (secondary N) is 2. The monoisotopic (exact) mass is 695 g/mol. The van der Waals surface area contributed by atoms with Crippen LogP contribution in [0.4, 0.5) is 25.3 Å². The van der Waals surface area contributed by atoms with Gasteiger partial charge < -0.3 is 10.1 Å². The maximum atomic E-state index is 13.6. The van der Waals surface area contributed by atoms with E-state index < -0.39 is 22.7 Å². The Bertz CT molecular complexity index is 1980. The first-order valence-corrected chi connectivity index (χ1v) is 17.4. The molecule has 7 rings (SSSR count). The third-order valence-corrected chi connectivity index (χ3v) is 11.1. The molecule has 3 aliphatic heterocycles. The van der Waals surface area contributed by atoms with Crippen molar-refractivity contribution in [2.45, 2.75) is 49.3 Å². The number of carbonyl (C=O) groups excluding carboxylic acids is 2. The van der Waals surface area contributed by atoms with Gasteiger partial charge in [-0.3, -0.25) is 24.6 Å². The van der Waals surface area contributed by atoms with Gasteiger partial charge in [-0.1, -0.05) is 18.2 Å². The van der Waals surface area contributed by atoms with Crippen molar-refractivity contribution >= 4 is 44.6 Å². The lowest BCUT2D eigenvalue weighted by Crippen LogP contribution is -2.49. The number of ether oxygens (including phenoxy) is 1. The number of hydrogen-bond acceptors (Lipinski definition) is 10. The van der Waals surface area contributed by atoms with Gasteiger partial charge in [0.2, 0.25) is 21.9 Å². The molecule has 0 atom stereocenters. The number of anilines is 2. The summed E-state index contributed by atoms with van der Waals surface area (Å²) in [5, 5.41) is 10.9. The maximum absolute atomic E-state index is 13.6. The van der Waals surface area contributed by atoms with Gasteiger partial charge in [0.15, 0.2) is 11.6 Å². The van der Waals surface area contributed by atoms with Crippen molar-refractivity contribution in [3.63, 3.8) is 0 Å². The number of fused-ring (bicyclic) bond motifs is 1. The molecule has 0 bridgehead atoms. The van der Waals surface area contributed by atoms with Crippen LogP contribution in [0.25, 0.3) is 10.9 Å². The Morgan fingerprint density at radius 2 is 1.80 bits per heavy atom. The van der Waals surface area contributed by atoms with Crippen LogP contribution in [0.1, 0.15) is 36.3 Å². The molecule has 2 aromatic carbocycles. The van der Waals surface area contributed by atoms with E-state index in [1.165, 1.54) is 9.21 Å². The summed E-state index contributed by atoms with van der Waals surface area (Å²) in [6.07, 6.45) is 3.62. The minimum Gasteiger partial charge on any atom is -0.432 e. The molecule has 0 aliphatic carbocycles. The number of likely N-dealkylation sites (tertiary alicyclic amines) is 1. The van der Waals surface area contributed by atoms with Gasteiger partial charge in [-0.25, -0.2) is 23.2 Å². The molecular weight excluding hydrogens is 660 g/mol. The standard InChI is InChI=1S/C32H35F2N9O5S/c1-40-27-14-21(5-6-26(27)29(39-40)43-12-9-28(44)38-32(43)45)22-18-41(19-22)17-20-3-2-4-25(13-20)49(46,47)42-10-7-23(8-11-42)37-31-35-15-24(16-36-31)48-30(33)34/h2-6,13-16,22-23,30H,7-12,17-19H2,1H3,(H,35,36,37)(H,38,44,45). The maximum Gasteiger partial charge on any atom is 0.387 e. The number of urea groups is 1. The number of carbonyl (C=O) groups is 2. The Balaban J connectivity index is 0.931. The summed E-state index contributed by atoms with van der Waals surface area (Å²) >= 11 is 0. The lowest BCUT2D eigenvalue weighted by atomic mass is 9.90. The highest BCUT2D eigenvalue weighted by Gasteiger charge is 2.33. The number of nitrogens with zero attached hydrogens (tertiary/aromatic N) is 7. The van der Waals surface area contributed by atoms with Crippen LogP contribution in [0, 0.1) is 0 Å². The highest BCUT2D eigenvalue weighted by molar-refractivity contribution is 7.89. The molecule has 4 aromatic rings. The normalized spacial score (nSPS) is 18.6. The number of aryl methyl sites for hydroxylation is 1. The molecule has 14 nitrogen and oxygen atoms in total. The summed E-state index contributed by atoms with van der Waals surface area (Å²) in [5.41, 5.74) is 2.98. The van der Waals surface area contributed by atoms with Crippen LogP contribution < -0.4 is 20.3 Å². The minimum absolute atomic E-state index is 0.0669. The minimum atomic E-state index is -3.70. The molecule has 0 radical (unpaired) electrons. The molecule has 258 valence electrons. The van der Waals surface area contributed by atoms with Crippen LogP contribution in [-0.4, -0.2) is 94.7 Å². The predicted molar refractivity (Wildman–Crippen MR) is 175 cm³/mol. The fourth-order valence-corrected chi connectivity index (χ4v) is 8.11. The van der Waals surface area contributed by atoms with Crippen LogP contribution in [0.3, 0.4) is 0 Å². The topological polar surface area (TPSA) is 155 Å². The first kappa shape index (κ1) is 32.8. The van der Waals surface area contributed by atoms with Gasteiger partial charge in [0.05, 0.1) is 22.8 Å². The molecule has 2 aromatic heterocycles. The number of imide groups is 1. The molecule has 0 spiro atoms. The van der Waals surface area contributed by atoms with Crippen LogP contribution in [0.15, 0.2) is 59.8 Å². The molecule has 2 N–H and O–H groups in total. The molecule has 5 heterocycles. The number of hydrogen-bond donors (Lipinski definition) is 2. The molecule has 3 saturated heterocycles. The summed E-state index contributed by atoms with van der Waals surface area (Å²) in [5.74, 6) is 0.667. The predicted octanol–water partition coefficient (Wildman–Crippen LogP) is 3.28. The number of benzene rings is 2. The Morgan fingerprint density at radius 3 is 2.51 bits per heavy atom. The summed E-state index contributed by atoms with van der Waals surface area (Å²) in [4.78, 5) is 36.0. The second-order valence-electron chi connectivity index (χ2n) is 12.5. The number of piperidine rings is 1. The summed E-state index contributed by atoms with van der Waals surface area (Å²) < 4.78 is 59.3. The van der Waals surface area contributed by atoms with Gasteiger partial charge in [0.1, 0.15) is 0 Å². The fraction of sp³-hybridized carbons (Fsp3) is 0.406. The van der Waals surface area contributed by atoms with Gasteiger partial charge in [0, 0.05) is 70.1 Å². The van der Waals surface area contributed by atoms with E-state index in [4.69, 9.17) is 0 Å². The van der Waals surface area contributed by atoms with E-state index in [2.05, 4.69) is 47.5 Å². The van der Waals surface area contributed by atoms with Crippen molar-refractivity contribution < 1.29 is 31.5 Å². The van der Waals surface area contributed by atoms with E-state index in [-0.39, 0.29) is 41.5 Å². The zero-order valence-electron chi connectivity index (χ0n) is 26.6. The van der Waals surface area contributed by atoms with Crippen molar-refractivity contribution in [3.05, 3.63) is 66.0 Å². The van der Waals surface area contributed by atoms with Crippen LogP contribution in [-0.2, 0) is 28.4 Å². The Hall–Kier alpha value is -4.74. The number of amides is 3. The van der Waals surface area contributed by atoms with Crippen molar-refractivity contribution in [2.75, 3.05) is 42.9 Å². The number of halogens is 2. The smallest absolute Gasteiger partial charge is 0.387 e. The zero-order chi connectivity index (χ0) is 34.3. The van der Waals surface area contributed by atoms with Gasteiger partial charge >= 0.3 is 12.6 Å². The average molecular weight is 696 g/mol. The van der Waals surface area contributed by atoms with Gasteiger partial charge in [-0.05, 0) is 48.2 Å². The SMILES string of the molecule is Cn1nc(N2CCC(=O)NC2=O)c2ccc(C3CN(Cc4cccc(S(=O)(=O)N5CCC(Nc6ncc(OC(F)F)cn6)CC5)c4)C3)cc21. The molecule has 0 saturated carbocycles.